The van der Waals surface area contributed by atoms with Gasteiger partial charge in [0.25, 0.3) is 0 Å². The van der Waals surface area contributed by atoms with Gasteiger partial charge in [-0.05, 0) is 72.5 Å². The summed E-state index contributed by atoms with van der Waals surface area (Å²) in [6.45, 7) is 0.599. The zero-order valence-electron chi connectivity index (χ0n) is 23.5. The second kappa shape index (κ2) is 12.6. The number of aromatic nitrogens is 3. The Morgan fingerprint density at radius 1 is 0.805 bits per heavy atom. The van der Waals surface area contributed by atoms with Gasteiger partial charge in [-0.15, -0.1) is 5.10 Å². The van der Waals surface area contributed by atoms with Crippen molar-refractivity contribution in [3.63, 3.8) is 0 Å². The lowest BCUT2D eigenvalue weighted by molar-refractivity contribution is -0.141. The van der Waals surface area contributed by atoms with Gasteiger partial charge >= 0.3 is 5.97 Å². The number of ether oxygens (including phenoxy) is 6. The molecular formula is C31H33N3O7. The first-order valence-electron chi connectivity index (χ1n) is 13.2. The number of hydrogen-bond donors (Lipinski definition) is 0. The molecule has 0 amide bonds. The van der Waals surface area contributed by atoms with Crippen LogP contribution in [0.3, 0.4) is 0 Å². The molecule has 10 heteroatoms. The fraction of sp³-hybridized carbons (Fsp3) is 0.323. The first-order chi connectivity index (χ1) is 20.0. The minimum absolute atomic E-state index is 0.0378. The summed E-state index contributed by atoms with van der Waals surface area (Å²) >= 11 is 0. The van der Waals surface area contributed by atoms with Gasteiger partial charge in [-0.25, -0.2) is 4.68 Å². The number of esters is 1. The molecule has 2 heterocycles. The Kier molecular flexibility index (Phi) is 8.57. The molecule has 5 rings (SSSR count). The molecule has 214 valence electrons. The Morgan fingerprint density at radius 2 is 1.46 bits per heavy atom. The first kappa shape index (κ1) is 27.8. The summed E-state index contributed by atoms with van der Waals surface area (Å²) in [5.41, 5.74) is 3.54. The van der Waals surface area contributed by atoms with Crippen molar-refractivity contribution in [1.82, 2.24) is 15.0 Å². The molecule has 0 aliphatic carbocycles. The van der Waals surface area contributed by atoms with Crippen molar-refractivity contribution in [3.8, 4) is 34.4 Å². The molecule has 1 aromatic heterocycles. The van der Waals surface area contributed by atoms with E-state index in [0.717, 1.165) is 22.6 Å². The molecule has 2 atom stereocenters. The maximum absolute atomic E-state index is 12.7. The molecule has 10 nitrogen and oxygen atoms in total. The lowest BCUT2D eigenvalue weighted by Gasteiger charge is -2.17. The fourth-order valence-electron chi connectivity index (χ4n) is 4.96. The molecule has 1 aliphatic rings. The van der Waals surface area contributed by atoms with Crippen molar-refractivity contribution < 1.29 is 33.2 Å². The van der Waals surface area contributed by atoms with Gasteiger partial charge in [0.15, 0.2) is 23.0 Å². The molecule has 0 N–H and O–H groups in total. The van der Waals surface area contributed by atoms with E-state index in [2.05, 4.69) is 10.3 Å². The lowest BCUT2D eigenvalue weighted by Crippen LogP contribution is -2.20. The van der Waals surface area contributed by atoms with E-state index >= 15 is 0 Å². The number of benzene rings is 3. The predicted octanol–water partition coefficient (Wildman–Crippen LogP) is 4.46. The van der Waals surface area contributed by atoms with Gasteiger partial charge in [0.05, 0.1) is 52.8 Å². The quantitative estimate of drug-likeness (QED) is 0.233. The van der Waals surface area contributed by atoms with Crippen molar-refractivity contribution in [1.29, 1.82) is 0 Å². The molecular weight excluding hydrogens is 526 g/mol. The van der Waals surface area contributed by atoms with Crippen LogP contribution in [0.2, 0.25) is 0 Å². The van der Waals surface area contributed by atoms with Crippen LogP contribution in [0, 0.1) is 11.8 Å². The first-order valence-corrected chi connectivity index (χ1v) is 13.2. The van der Waals surface area contributed by atoms with Crippen LogP contribution in [-0.2, 0) is 29.0 Å². The predicted molar refractivity (Wildman–Crippen MR) is 150 cm³/mol. The number of hydrogen-bond acceptors (Lipinski definition) is 9. The van der Waals surface area contributed by atoms with Gasteiger partial charge in [0.2, 0.25) is 0 Å². The highest BCUT2D eigenvalue weighted by molar-refractivity contribution is 5.75. The zero-order chi connectivity index (χ0) is 28.8. The average Bonchev–Trinajstić information content (AvgIpc) is 3.63. The summed E-state index contributed by atoms with van der Waals surface area (Å²) in [4.78, 5) is 12.7. The van der Waals surface area contributed by atoms with Crippen LogP contribution in [0.25, 0.3) is 5.69 Å². The van der Waals surface area contributed by atoms with E-state index in [-0.39, 0.29) is 24.4 Å². The zero-order valence-corrected chi connectivity index (χ0v) is 23.5. The summed E-state index contributed by atoms with van der Waals surface area (Å²) in [7, 11) is 6.44. The highest BCUT2D eigenvalue weighted by Gasteiger charge is 2.37. The van der Waals surface area contributed by atoms with Gasteiger partial charge in [0.1, 0.15) is 18.1 Å². The van der Waals surface area contributed by atoms with E-state index in [1.165, 1.54) is 0 Å². The van der Waals surface area contributed by atoms with E-state index in [9.17, 15) is 4.79 Å². The highest BCUT2D eigenvalue weighted by Crippen LogP contribution is 2.35. The van der Waals surface area contributed by atoms with E-state index in [0.29, 0.717) is 48.1 Å². The number of rotatable bonds is 12. The maximum Gasteiger partial charge on any atom is 0.309 e. The Hall–Kier alpha value is -4.73. The number of methoxy groups -OCH3 is 4. The average molecular weight is 560 g/mol. The van der Waals surface area contributed by atoms with Crippen LogP contribution in [0.1, 0.15) is 16.8 Å². The smallest absolute Gasteiger partial charge is 0.309 e. The largest absolute Gasteiger partial charge is 0.497 e. The van der Waals surface area contributed by atoms with Crippen molar-refractivity contribution >= 4 is 5.97 Å². The van der Waals surface area contributed by atoms with Crippen LogP contribution in [0.15, 0.2) is 66.9 Å². The summed E-state index contributed by atoms with van der Waals surface area (Å²) in [5, 5.41) is 8.40. The van der Waals surface area contributed by atoms with E-state index in [1.54, 1.807) is 33.1 Å². The second-order valence-electron chi connectivity index (χ2n) is 9.72. The van der Waals surface area contributed by atoms with Gasteiger partial charge in [-0.2, -0.15) is 0 Å². The van der Waals surface area contributed by atoms with Crippen LogP contribution in [-0.4, -0.2) is 56.0 Å². The summed E-state index contributed by atoms with van der Waals surface area (Å²) < 4.78 is 34.8. The molecule has 1 aliphatic heterocycles. The Labute approximate surface area is 238 Å². The van der Waals surface area contributed by atoms with E-state index in [1.807, 2.05) is 66.9 Å². The third-order valence-corrected chi connectivity index (χ3v) is 7.19. The van der Waals surface area contributed by atoms with Gasteiger partial charge in [0, 0.05) is 5.92 Å². The number of carbonyl (C=O) groups excluding carboxylic acids is 1. The van der Waals surface area contributed by atoms with Crippen molar-refractivity contribution in [2.24, 2.45) is 11.8 Å². The monoisotopic (exact) mass is 559 g/mol. The highest BCUT2D eigenvalue weighted by atomic mass is 16.5. The van der Waals surface area contributed by atoms with Crippen molar-refractivity contribution in [2.75, 3.05) is 35.0 Å². The van der Waals surface area contributed by atoms with E-state index in [4.69, 9.17) is 28.4 Å². The molecule has 1 fully saturated rings. The van der Waals surface area contributed by atoms with Crippen molar-refractivity contribution in [2.45, 2.75) is 19.4 Å². The molecule has 0 saturated carbocycles. The number of cyclic esters (lactones) is 1. The third-order valence-electron chi connectivity index (χ3n) is 7.19. The third kappa shape index (κ3) is 6.37. The molecule has 1 saturated heterocycles. The normalized spacial score (nSPS) is 16.2. The summed E-state index contributed by atoms with van der Waals surface area (Å²) in [6.07, 6.45) is 3.03. The van der Waals surface area contributed by atoms with Gasteiger partial charge < -0.3 is 28.4 Å². The Balaban J connectivity index is 1.23. The molecule has 0 bridgehead atoms. The van der Waals surface area contributed by atoms with Gasteiger partial charge in [-0.3, -0.25) is 4.79 Å². The standard InChI is InChI=1S/C31H33N3O7/c1-36-25-9-7-24(8-10-25)34-17-23(32-33-34)19-40-28-12-6-21(16-30(28)39-4)14-26-22(18-41-31(26)35)13-20-5-11-27(37-2)29(15-20)38-3/h5-12,15-17,22,26H,13-14,18-19H2,1-4H3/t22-,26+/m0/s1. The molecule has 4 aromatic rings. The van der Waals surface area contributed by atoms with Gasteiger partial charge in [-0.1, -0.05) is 17.3 Å². The lowest BCUT2D eigenvalue weighted by atomic mass is 9.85. The topological polar surface area (TPSA) is 103 Å². The summed E-state index contributed by atoms with van der Waals surface area (Å²) in [6, 6.07) is 19.1. The Bertz CT molecular complexity index is 1490. The number of nitrogens with zero attached hydrogens (tertiary/aromatic N) is 3. The molecule has 0 unspecified atom stereocenters. The van der Waals surface area contributed by atoms with Crippen LogP contribution in [0.4, 0.5) is 0 Å². The van der Waals surface area contributed by atoms with Crippen LogP contribution >= 0.6 is 0 Å². The fourth-order valence-corrected chi connectivity index (χ4v) is 4.96. The molecule has 0 radical (unpaired) electrons. The molecule has 3 aromatic carbocycles. The second-order valence-corrected chi connectivity index (χ2v) is 9.72. The van der Waals surface area contributed by atoms with Crippen molar-refractivity contribution in [3.05, 3.63) is 83.7 Å². The van der Waals surface area contributed by atoms with Crippen LogP contribution in [0.5, 0.6) is 28.7 Å². The minimum atomic E-state index is -0.271. The molecule has 41 heavy (non-hydrogen) atoms. The maximum atomic E-state index is 12.7. The number of carbonyl (C=O) groups is 1. The summed E-state index contributed by atoms with van der Waals surface area (Å²) in [5.74, 6) is 2.83. The van der Waals surface area contributed by atoms with E-state index < -0.39 is 0 Å². The van der Waals surface area contributed by atoms with Crippen LogP contribution < -0.4 is 23.7 Å². The Morgan fingerprint density at radius 3 is 2.15 bits per heavy atom. The minimum Gasteiger partial charge on any atom is -0.497 e. The SMILES string of the molecule is COc1ccc(-n2cc(COc3ccc(C[C@H]4C(=O)OC[C@@H]4Cc4ccc(OC)c(OC)c4)cc3OC)nn2)cc1. The molecule has 0 spiro atoms.